The molecule has 0 spiro atoms. The van der Waals surface area contributed by atoms with E-state index in [9.17, 15) is 9.59 Å². The third-order valence-corrected chi connectivity index (χ3v) is 4.18. The number of pyridine rings is 1. The van der Waals surface area contributed by atoms with Gasteiger partial charge in [-0.2, -0.15) is 0 Å². The van der Waals surface area contributed by atoms with Crippen LogP contribution in [0.1, 0.15) is 45.6 Å². The number of H-pyrrole nitrogens is 1. The van der Waals surface area contributed by atoms with Gasteiger partial charge < -0.3 is 15.0 Å². The molecule has 0 aliphatic rings. The van der Waals surface area contributed by atoms with Crippen molar-refractivity contribution >= 4 is 16.8 Å². The average molecular weight is 344 g/mol. The van der Waals surface area contributed by atoms with Gasteiger partial charge >= 0.3 is 0 Å². The van der Waals surface area contributed by atoms with Crippen molar-refractivity contribution in [1.29, 1.82) is 0 Å². The van der Waals surface area contributed by atoms with Crippen LogP contribution in [0.25, 0.3) is 10.9 Å². The molecule has 136 valence electrons. The number of carbonyl (C=O) groups is 1. The van der Waals surface area contributed by atoms with Crippen LogP contribution >= 0.6 is 0 Å². The van der Waals surface area contributed by atoms with Gasteiger partial charge in [0.2, 0.25) is 5.91 Å². The number of fused-ring (bicyclic) bond motifs is 1. The molecule has 1 aromatic heterocycles. The highest BCUT2D eigenvalue weighted by atomic mass is 16.5. The van der Waals surface area contributed by atoms with E-state index in [1.165, 1.54) is 0 Å². The van der Waals surface area contributed by atoms with E-state index in [0.29, 0.717) is 30.7 Å². The first kappa shape index (κ1) is 19.0. The molecular weight excluding hydrogens is 316 g/mol. The normalized spacial score (nSPS) is 11.5. The van der Waals surface area contributed by atoms with Crippen molar-refractivity contribution in [2.24, 2.45) is 5.41 Å². The Labute approximate surface area is 148 Å². The van der Waals surface area contributed by atoms with Gasteiger partial charge in [-0.25, -0.2) is 0 Å². The summed E-state index contributed by atoms with van der Waals surface area (Å²) in [6, 6.07) is 7.40. The molecule has 0 saturated carbocycles. The SMILES string of the molecule is COc1ccc2cc(CCC(=O)NCCCC(C)(C)C)c(=O)[nH]c2c1. The molecule has 0 aliphatic heterocycles. The topological polar surface area (TPSA) is 71.2 Å². The van der Waals surface area contributed by atoms with E-state index in [2.05, 4.69) is 31.1 Å². The number of ether oxygens (including phenoxy) is 1. The number of methoxy groups -OCH3 is 1. The van der Waals surface area contributed by atoms with Gasteiger partial charge in [-0.05, 0) is 48.3 Å². The number of hydrogen-bond acceptors (Lipinski definition) is 3. The van der Waals surface area contributed by atoms with Crippen molar-refractivity contribution in [2.45, 2.75) is 46.5 Å². The van der Waals surface area contributed by atoms with Gasteiger partial charge in [0.05, 0.1) is 12.6 Å². The molecule has 0 fully saturated rings. The first-order valence-electron chi connectivity index (χ1n) is 8.75. The molecule has 25 heavy (non-hydrogen) atoms. The maximum absolute atomic E-state index is 12.2. The maximum atomic E-state index is 12.2. The van der Waals surface area contributed by atoms with Gasteiger partial charge in [-0.1, -0.05) is 20.8 Å². The largest absolute Gasteiger partial charge is 0.497 e. The maximum Gasteiger partial charge on any atom is 0.251 e. The Kier molecular flexibility index (Phi) is 6.23. The van der Waals surface area contributed by atoms with Crippen molar-refractivity contribution in [3.05, 3.63) is 40.2 Å². The zero-order chi connectivity index (χ0) is 18.4. The molecule has 2 aromatic rings. The van der Waals surface area contributed by atoms with Crippen LogP contribution < -0.4 is 15.6 Å². The fourth-order valence-electron chi connectivity index (χ4n) is 2.72. The lowest BCUT2D eigenvalue weighted by Crippen LogP contribution is -2.26. The lowest BCUT2D eigenvalue weighted by Gasteiger charge is -2.17. The molecule has 1 heterocycles. The van der Waals surface area contributed by atoms with Gasteiger partial charge in [-0.3, -0.25) is 9.59 Å². The lowest BCUT2D eigenvalue weighted by atomic mass is 9.91. The monoisotopic (exact) mass is 344 g/mol. The quantitative estimate of drug-likeness (QED) is 0.756. The fraction of sp³-hybridized carbons (Fsp3) is 0.500. The molecule has 0 bridgehead atoms. The summed E-state index contributed by atoms with van der Waals surface area (Å²) in [5.41, 5.74) is 1.50. The van der Waals surface area contributed by atoms with E-state index in [-0.39, 0.29) is 16.9 Å². The van der Waals surface area contributed by atoms with Crippen LogP contribution in [-0.4, -0.2) is 24.5 Å². The minimum absolute atomic E-state index is 0.0110. The summed E-state index contributed by atoms with van der Waals surface area (Å²) in [5, 5.41) is 3.86. The number of hydrogen-bond donors (Lipinski definition) is 2. The Morgan fingerprint density at radius 2 is 2.00 bits per heavy atom. The van der Waals surface area contributed by atoms with Crippen LogP contribution in [0.3, 0.4) is 0 Å². The van der Waals surface area contributed by atoms with Crippen LogP contribution in [0, 0.1) is 5.41 Å². The zero-order valence-electron chi connectivity index (χ0n) is 15.6. The lowest BCUT2D eigenvalue weighted by molar-refractivity contribution is -0.121. The summed E-state index contributed by atoms with van der Waals surface area (Å²) in [5.74, 6) is 0.689. The van der Waals surface area contributed by atoms with Gasteiger partial charge in [0.25, 0.3) is 5.56 Å². The smallest absolute Gasteiger partial charge is 0.251 e. The number of aryl methyl sites for hydroxylation is 1. The number of aromatic amines is 1. The van der Waals surface area contributed by atoms with Gasteiger partial charge in [0, 0.05) is 24.6 Å². The number of amides is 1. The van der Waals surface area contributed by atoms with Crippen molar-refractivity contribution < 1.29 is 9.53 Å². The van der Waals surface area contributed by atoms with Crippen LogP contribution in [-0.2, 0) is 11.2 Å². The van der Waals surface area contributed by atoms with Crippen molar-refractivity contribution in [1.82, 2.24) is 10.3 Å². The third kappa shape index (κ3) is 5.93. The van der Waals surface area contributed by atoms with E-state index < -0.39 is 0 Å². The van der Waals surface area contributed by atoms with Crippen molar-refractivity contribution in [3.8, 4) is 5.75 Å². The van der Waals surface area contributed by atoms with Crippen LogP contribution in [0.5, 0.6) is 5.75 Å². The minimum Gasteiger partial charge on any atom is -0.497 e. The van der Waals surface area contributed by atoms with E-state index in [0.717, 1.165) is 23.7 Å². The second kappa shape index (κ2) is 8.19. The number of rotatable bonds is 7. The Morgan fingerprint density at radius 3 is 2.68 bits per heavy atom. The number of nitrogens with one attached hydrogen (secondary N) is 2. The molecule has 0 unspecified atom stereocenters. The summed E-state index contributed by atoms with van der Waals surface area (Å²) in [6.45, 7) is 7.26. The van der Waals surface area contributed by atoms with E-state index in [1.807, 2.05) is 18.2 Å². The molecule has 0 saturated heterocycles. The van der Waals surface area contributed by atoms with Crippen LogP contribution in [0.4, 0.5) is 0 Å². The number of benzene rings is 1. The highest BCUT2D eigenvalue weighted by molar-refractivity contribution is 5.81. The first-order valence-corrected chi connectivity index (χ1v) is 8.75. The molecule has 5 nitrogen and oxygen atoms in total. The number of carbonyl (C=O) groups excluding carboxylic acids is 1. The standard InChI is InChI=1S/C20H28N2O3/c1-20(2,3)10-5-11-21-18(23)9-7-15-12-14-6-8-16(25-4)13-17(14)22-19(15)24/h6,8,12-13H,5,7,9-11H2,1-4H3,(H,21,23)(H,22,24). The minimum atomic E-state index is -0.152. The summed E-state index contributed by atoms with van der Waals surface area (Å²) in [4.78, 5) is 27.0. The third-order valence-electron chi connectivity index (χ3n) is 4.18. The summed E-state index contributed by atoms with van der Waals surface area (Å²) < 4.78 is 5.16. The molecular formula is C20H28N2O3. The van der Waals surface area contributed by atoms with E-state index >= 15 is 0 Å². The summed E-state index contributed by atoms with van der Waals surface area (Å²) in [7, 11) is 1.59. The van der Waals surface area contributed by atoms with Crippen molar-refractivity contribution in [2.75, 3.05) is 13.7 Å². The van der Waals surface area contributed by atoms with Crippen LogP contribution in [0.2, 0.25) is 0 Å². The molecule has 0 radical (unpaired) electrons. The predicted octanol–water partition coefficient (Wildman–Crippen LogP) is 3.41. The molecule has 1 aromatic carbocycles. The molecule has 0 atom stereocenters. The van der Waals surface area contributed by atoms with Gasteiger partial charge in [0.1, 0.15) is 5.75 Å². The Bertz CT molecular complexity index is 788. The first-order chi connectivity index (χ1) is 11.8. The summed E-state index contributed by atoms with van der Waals surface area (Å²) >= 11 is 0. The molecule has 0 aliphatic carbocycles. The van der Waals surface area contributed by atoms with Gasteiger partial charge in [0.15, 0.2) is 0 Å². The molecule has 5 heteroatoms. The highest BCUT2D eigenvalue weighted by Gasteiger charge is 2.10. The Morgan fingerprint density at radius 1 is 1.24 bits per heavy atom. The Balaban J connectivity index is 1.91. The van der Waals surface area contributed by atoms with E-state index in [4.69, 9.17) is 4.74 Å². The Hall–Kier alpha value is -2.30. The fourth-order valence-corrected chi connectivity index (χ4v) is 2.72. The molecule has 2 N–H and O–H groups in total. The number of aromatic nitrogens is 1. The highest BCUT2D eigenvalue weighted by Crippen LogP contribution is 2.20. The van der Waals surface area contributed by atoms with Crippen molar-refractivity contribution in [3.63, 3.8) is 0 Å². The summed E-state index contributed by atoms with van der Waals surface area (Å²) in [6.07, 6.45) is 2.79. The second-order valence-corrected chi connectivity index (χ2v) is 7.59. The second-order valence-electron chi connectivity index (χ2n) is 7.59. The van der Waals surface area contributed by atoms with Gasteiger partial charge in [-0.15, -0.1) is 0 Å². The molecule has 2 rings (SSSR count). The average Bonchev–Trinajstić information content (AvgIpc) is 2.55. The van der Waals surface area contributed by atoms with Crippen LogP contribution in [0.15, 0.2) is 29.1 Å². The van der Waals surface area contributed by atoms with E-state index in [1.54, 1.807) is 13.2 Å². The molecule has 1 amide bonds. The predicted molar refractivity (Wildman–Crippen MR) is 101 cm³/mol. The zero-order valence-corrected chi connectivity index (χ0v) is 15.6.